The molecular formula is C21H30N2. The lowest BCUT2D eigenvalue weighted by molar-refractivity contribution is 0.524. The zero-order valence-electron chi connectivity index (χ0n) is 15.3. The average Bonchev–Trinajstić information content (AvgIpc) is 2.46. The largest absolute Gasteiger partial charge is 0.264 e. The fourth-order valence-electron chi connectivity index (χ4n) is 3.14. The van der Waals surface area contributed by atoms with Gasteiger partial charge in [0.1, 0.15) is 0 Å². The normalized spacial score (nSPS) is 12.6. The molecule has 2 heteroatoms. The predicted octanol–water partition coefficient (Wildman–Crippen LogP) is 5.10. The molecule has 1 unspecified atom stereocenters. The number of aromatic nitrogens is 2. The summed E-state index contributed by atoms with van der Waals surface area (Å²) in [5.41, 5.74) is 6.55. The lowest BCUT2D eigenvalue weighted by Crippen LogP contribution is -2.05. The highest BCUT2D eigenvalue weighted by Crippen LogP contribution is 2.18. The van der Waals surface area contributed by atoms with E-state index in [-0.39, 0.29) is 0 Å². The van der Waals surface area contributed by atoms with Crippen LogP contribution in [0, 0.1) is 25.7 Å². The molecule has 0 radical (unpaired) electrons. The number of hydrogen-bond donors (Lipinski definition) is 0. The molecule has 0 amide bonds. The van der Waals surface area contributed by atoms with Gasteiger partial charge in [0, 0.05) is 23.8 Å². The molecule has 0 fully saturated rings. The molecule has 0 aliphatic carbocycles. The summed E-state index contributed by atoms with van der Waals surface area (Å²) in [7, 11) is 0. The summed E-state index contributed by atoms with van der Waals surface area (Å²) >= 11 is 0. The van der Waals surface area contributed by atoms with Gasteiger partial charge in [0.25, 0.3) is 0 Å². The molecule has 23 heavy (non-hydrogen) atoms. The Labute approximate surface area is 141 Å². The summed E-state index contributed by atoms with van der Waals surface area (Å²) in [4.78, 5) is 8.91. The monoisotopic (exact) mass is 310 g/mol. The zero-order chi connectivity index (χ0) is 16.8. The van der Waals surface area contributed by atoms with E-state index in [1.165, 1.54) is 28.8 Å². The van der Waals surface area contributed by atoms with E-state index in [1.54, 1.807) is 0 Å². The maximum atomic E-state index is 4.73. The third kappa shape index (κ3) is 5.78. The van der Waals surface area contributed by atoms with Gasteiger partial charge in [0.2, 0.25) is 0 Å². The molecule has 1 atom stereocenters. The van der Waals surface area contributed by atoms with Gasteiger partial charge in [0.15, 0.2) is 0 Å². The predicted molar refractivity (Wildman–Crippen MR) is 97.7 cm³/mol. The van der Waals surface area contributed by atoms with Gasteiger partial charge < -0.3 is 0 Å². The lowest BCUT2D eigenvalue weighted by Gasteiger charge is -2.14. The number of nitrogens with zero attached hydrogens (tertiary/aromatic N) is 2. The Bertz CT molecular complexity index is 631. The molecule has 0 spiro atoms. The molecule has 0 saturated heterocycles. The Morgan fingerprint density at radius 3 is 2.52 bits per heavy atom. The van der Waals surface area contributed by atoms with Gasteiger partial charge >= 0.3 is 0 Å². The van der Waals surface area contributed by atoms with Crippen LogP contribution in [0.25, 0.3) is 0 Å². The summed E-state index contributed by atoms with van der Waals surface area (Å²) in [6.07, 6.45) is 8.37. The second-order valence-corrected chi connectivity index (χ2v) is 7.36. The molecule has 2 aromatic heterocycles. The summed E-state index contributed by atoms with van der Waals surface area (Å²) in [5, 5.41) is 0. The van der Waals surface area contributed by atoms with Crippen molar-refractivity contribution in [1.29, 1.82) is 0 Å². The van der Waals surface area contributed by atoms with E-state index in [2.05, 4.69) is 57.8 Å². The Kier molecular flexibility index (Phi) is 6.32. The van der Waals surface area contributed by atoms with E-state index in [0.717, 1.165) is 25.0 Å². The van der Waals surface area contributed by atoms with Gasteiger partial charge in [-0.3, -0.25) is 9.97 Å². The number of rotatable bonds is 7. The van der Waals surface area contributed by atoms with Crippen LogP contribution < -0.4 is 0 Å². The minimum Gasteiger partial charge on any atom is -0.264 e. The summed E-state index contributed by atoms with van der Waals surface area (Å²) in [6, 6.07) is 6.68. The van der Waals surface area contributed by atoms with Crippen molar-refractivity contribution in [3.8, 4) is 0 Å². The highest BCUT2D eigenvalue weighted by Gasteiger charge is 2.08. The van der Waals surface area contributed by atoms with E-state index in [0.29, 0.717) is 11.8 Å². The molecule has 0 bridgehead atoms. The standard InChI is InChI=1S/C21H30N2/c1-15(2)10-19-12-18(5)23-21(13-19)7-6-16(3)11-20-8-9-22-14-17(20)4/h8-9,12-16H,6-7,10-11H2,1-5H3. The topological polar surface area (TPSA) is 25.8 Å². The molecule has 0 aromatic carbocycles. The fourth-order valence-corrected chi connectivity index (χ4v) is 3.14. The number of aryl methyl sites for hydroxylation is 3. The molecule has 0 aliphatic heterocycles. The summed E-state index contributed by atoms with van der Waals surface area (Å²) in [6.45, 7) is 11.1. The first-order chi connectivity index (χ1) is 10.9. The van der Waals surface area contributed by atoms with Gasteiger partial charge in [-0.15, -0.1) is 0 Å². The van der Waals surface area contributed by atoms with Crippen molar-refractivity contribution in [2.24, 2.45) is 11.8 Å². The minimum atomic E-state index is 0.659. The third-order valence-electron chi connectivity index (χ3n) is 4.31. The molecule has 2 rings (SSSR count). The van der Waals surface area contributed by atoms with Crippen molar-refractivity contribution >= 4 is 0 Å². The van der Waals surface area contributed by atoms with Gasteiger partial charge in [0.05, 0.1) is 0 Å². The quantitative estimate of drug-likeness (QED) is 0.710. The van der Waals surface area contributed by atoms with Crippen molar-refractivity contribution in [1.82, 2.24) is 9.97 Å². The van der Waals surface area contributed by atoms with Crippen LogP contribution in [0.1, 0.15) is 55.3 Å². The molecule has 0 saturated carbocycles. The Balaban J connectivity index is 1.95. The number of pyridine rings is 2. The highest BCUT2D eigenvalue weighted by molar-refractivity contribution is 5.23. The van der Waals surface area contributed by atoms with Crippen molar-refractivity contribution in [2.45, 2.75) is 60.3 Å². The van der Waals surface area contributed by atoms with Crippen LogP contribution in [0.2, 0.25) is 0 Å². The number of hydrogen-bond acceptors (Lipinski definition) is 2. The zero-order valence-corrected chi connectivity index (χ0v) is 15.3. The first-order valence-electron chi connectivity index (χ1n) is 8.80. The Morgan fingerprint density at radius 1 is 1.04 bits per heavy atom. The Hall–Kier alpha value is -1.70. The van der Waals surface area contributed by atoms with E-state index >= 15 is 0 Å². The van der Waals surface area contributed by atoms with E-state index in [1.807, 2.05) is 12.4 Å². The Morgan fingerprint density at radius 2 is 1.83 bits per heavy atom. The third-order valence-corrected chi connectivity index (χ3v) is 4.31. The molecule has 2 aromatic rings. The highest BCUT2D eigenvalue weighted by atomic mass is 14.7. The van der Waals surface area contributed by atoms with Crippen LogP contribution in [0.5, 0.6) is 0 Å². The smallest absolute Gasteiger partial charge is 0.0409 e. The van der Waals surface area contributed by atoms with Crippen molar-refractivity contribution < 1.29 is 0 Å². The first kappa shape index (κ1) is 17.7. The van der Waals surface area contributed by atoms with Crippen molar-refractivity contribution in [3.05, 3.63) is 58.7 Å². The van der Waals surface area contributed by atoms with Crippen LogP contribution in [0.4, 0.5) is 0 Å². The van der Waals surface area contributed by atoms with Crippen LogP contribution in [-0.4, -0.2) is 9.97 Å². The van der Waals surface area contributed by atoms with Gasteiger partial charge in [-0.2, -0.15) is 0 Å². The molecule has 2 nitrogen and oxygen atoms in total. The SMILES string of the molecule is Cc1cc(CC(C)C)cc(CCC(C)Cc2ccncc2C)n1. The van der Waals surface area contributed by atoms with E-state index in [4.69, 9.17) is 4.98 Å². The molecule has 0 N–H and O–H groups in total. The summed E-state index contributed by atoms with van der Waals surface area (Å²) in [5.74, 6) is 1.35. The summed E-state index contributed by atoms with van der Waals surface area (Å²) < 4.78 is 0. The molecular weight excluding hydrogens is 280 g/mol. The van der Waals surface area contributed by atoms with Crippen LogP contribution >= 0.6 is 0 Å². The van der Waals surface area contributed by atoms with Crippen LogP contribution in [0.15, 0.2) is 30.6 Å². The van der Waals surface area contributed by atoms with Crippen LogP contribution in [-0.2, 0) is 19.3 Å². The maximum Gasteiger partial charge on any atom is 0.0409 e. The molecule has 0 aliphatic rings. The van der Waals surface area contributed by atoms with Gasteiger partial charge in [-0.05, 0) is 86.3 Å². The minimum absolute atomic E-state index is 0.659. The second kappa shape index (κ2) is 8.24. The van der Waals surface area contributed by atoms with Gasteiger partial charge in [-0.1, -0.05) is 20.8 Å². The van der Waals surface area contributed by atoms with Gasteiger partial charge in [-0.25, -0.2) is 0 Å². The van der Waals surface area contributed by atoms with Crippen molar-refractivity contribution in [3.63, 3.8) is 0 Å². The van der Waals surface area contributed by atoms with Crippen molar-refractivity contribution in [2.75, 3.05) is 0 Å². The molecule has 2 heterocycles. The average molecular weight is 310 g/mol. The first-order valence-corrected chi connectivity index (χ1v) is 8.80. The second-order valence-electron chi connectivity index (χ2n) is 7.36. The van der Waals surface area contributed by atoms with E-state index < -0.39 is 0 Å². The van der Waals surface area contributed by atoms with E-state index in [9.17, 15) is 0 Å². The fraction of sp³-hybridized carbons (Fsp3) is 0.524. The molecule has 124 valence electrons. The van der Waals surface area contributed by atoms with Crippen LogP contribution in [0.3, 0.4) is 0 Å². The lowest BCUT2D eigenvalue weighted by atomic mass is 9.93. The maximum absolute atomic E-state index is 4.73.